The van der Waals surface area contributed by atoms with E-state index in [1.807, 2.05) is 13.2 Å². The van der Waals surface area contributed by atoms with Gasteiger partial charge in [-0.25, -0.2) is 8.42 Å². The van der Waals surface area contributed by atoms with E-state index < -0.39 is 9.84 Å². The highest BCUT2D eigenvalue weighted by Crippen LogP contribution is 2.26. The first kappa shape index (κ1) is 15.3. The van der Waals surface area contributed by atoms with Gasteiger partial charge in [0.25, 0.3) is 0 Å². The van der Waals surface area contributed by atoms with E-state index in [0.29, 0.717) is 6.54 Å². The van der Waals surface area contributed by atoms with Crippen LogP contribution in [0.4, 0.5) is 0 Å². The summed E-state index contributed by atoms with van der Waals surface area (Å²) < 4.78 is 25.5. The molecule has 0 bridgehead atoms. The van der Waals surface area contributed by atoms with Crippen molar-refractivity contribution >= 4 is 9.84 Å². The summed E-state index contributed by atoms with van der Waals surface area (Å²) in [7, 11) is -1.08. The largest absolute Gasteiger partial charge is 0.294 e. The standard InChI is InChI=1S/C14H23N3O2S/c1-3-4-5-6-7-17-8-9-20(18,19)12-14(17)13-10-15-16(2)11-13/h4-5,10-11,14H,3,6-9,12H2,1-2H3. The third kappa shape index (κ3) is 3.93. The Morgan fingerprint density at radius 1 is 1.45 bits per heavy atom. The molecule has 5 nitrogen and oxygen atoms in total. The Bertz CT molecular complexity index is 563. The molecule has 1 unspecified atom stereocenters. The number of nitrogens with zero attached hydrogens (tertiary/aromatic N) is 3. The van der Waals surface area contributed by atoms with Crippen molar-refractivity contribution < 1.29 is 8.42 Å². The van der Waals surface area contributed by atoms with Crippen molar-refractivity contribution in [3.8, 4) is 0 Å². The topological polar surface area (TPSA) is 55.2 Å². The molecule has 1 fully saturated rings. The highest BCUT2D eigenvalue weighted by molar-refractivity contribution is 7.91. The summed E-state index contributed by atoms with van der Waals surface area (Å²) in [6.45, 7) is 3.62. The first-order valence-electron chi connectivity index (χ1n) is 7.10. The highest BCUT2D eigenvalue weighted by atomic mass is 32.2. The molecular formula is C14H23N3O2S. The zero-order valence-corrected chi connectivity index (χ0v) is 13.0. The van der Waals surface area contributed by atoms with Crippen LogP contribution in [-0.2, 0) is 16.9 Å². The average molecular weight is 297 g/mol. The summed E-state index contributed by atoms with van der Waals surface area (Å²) >= 11 is 0. The van der Waals surface area contributed by atoms with Crippen LogP contribution in [0.5, 0.6) is 0 Å². The van der Waals surface area contributed by atoms with E-state index in [9.17, 15) is 8.42 Å². The van der Waals surface area contributed by atoms with Gasteiger partial charge in [-0.1, -0.05) is 19.1 Å². The Balaban J connectivity index is 2.10. The number of rotatable bonds is 5. The number of allylic oxidation sites excluding steroid dienone is 1. The Morgan fingerprint density at radius 3 is 2.90 bits per heavy atom. The molecule has 0 amide bonds. The van der Waals surface area contributed by atoms with Gasteiger partial charge in [0.05, 0.1) is 23.7 Å². The zero-order valence-electron chi connectivity index (χ0n) is 12.2. The number of sulfone groups is 1. The van der Waals surface area contributed by atoms with Crippen LogP contribution in [0.3, 0.4) is 0 Å². The molecule has 0 aromatic carbocycles. The molecular weight excluding hydrogens is 274 g/mol. The lowest BCUT2D eigenvalue weighted by molar-refractivity contribution is 0.219. The minimum atomic E-state index is -2.94. The third-order valence-corrected chi connectivity index (χ3v) is 5.27. The van der Waals surface area contributed by atoms with Crippen LogP contribution in [0.15, 0.2) is 24.5 Å². The first-order chi connectivity index (χ1) is 9.52. The van der Waals surface area contributed by atoms with Crippen LogP contribution in [0.25, 0.3) is 0 Å². The van der Waals surface area contributed by atoms with Gasteiger partial charge < -0.3 is 0 Å². The van der Waals surface area contributed by atoms with Crippen LogP contribution < -0.4 is 0 Å². The van der Waals surface area contributed by atoms with Crippen molar-refractivity contribution in [1.29, 1.82) is 0 Å². The van der Waals surface area contributed by atoms with Gasteiger partial charge in [-0.2, -0.15) is 5.10 Å². The molecule has 1 aromatic heterocycles. The molecule has 112 valence electrons. The second kappa shape index (κ2) is 6.54. The normalized spacial score (nSPS) is 23.4. The Morgan fingerprint density at radius 2 is 2.25 bits per heavy atom. The van der Waals surface area contributed by atoms with Crippen molar-refractivity contribution in [3.63, 3.8) is 0 Å². The van der Waals surface area contributed by atoms with Crippen molar-refractivity contribution in [3.05, 3.63) is 30.1 Å². The van der Waals surface area contributed by atoms with Gasteiger partial charge in [-0.3, -0.25) is 9.58 Å². The highest BCUT2D eigenvalue weighted by Gasteiger charge is 2.32. The minimum absolute atomic E-state index is 0.0579. The third-order valence-electron chi connectivity index (χ3n) is 3.64. The predicted molar refractivity (Wildman–Crippen MR) is 80.2 cm³/mol. The fraction of sp³-hybridized carbons (Fsp3) is 0.643. The fourth-order valence-electron chi connectivity index (χ4n) is 2.55. The van der Waals surface area contributed by atoms with Crippen LogP contribution in [0.2, 0.25) is 0 Å². The Hall–Kier alpha value is -1.14. The maximum absolute atomic E-state index is 11.9. The molecule has 0 aliphatic carbocycles. The van der Waals surface area contributed by atoms with Crippen molar-refractivity contribution in [1.82, 2.24) is 14.7 Å². The van der Waals surface area contributed by atoms with Gasteiger partial charge >= 0.3 is 0 Å². The summed E-state index contributed by atoms with van der Waals surface area (Å²) in [6, 6.07) is -0.0579. The summed E-state index contributed by atoms with van der Waals surface area (Å²) in [4.78, 5) is 2.26. The smallest absolute Gasteiger partial charge is 0.153 e. The van der Waals surface area contributed by atoms with Crippen molar-refractivity contribution in [2.24, 2.45) is 7.05 Å². The van der Waals surface area contributed by atoms with Gasteiger partial charge in [-0.05, 0) is 12.8 Å². The van der Waals surface area contributed by atoms with Crippen LogP contribution in [0.1, 0.15) is 31.4 Å². The van der Waals surface area contributed by atoms with Crippen LogP contribution >= 0.6 is 0 Å². The Labute approximate surface area is 121 Å². The molecule has 1 aromatic rings. The van der Waals surface area contributed by atoms with Crippen molar-refractivity contribution in [2.75, 3.05) is 24.6 Å². The number of aromatic nitrogens is 2. The lowest BCUT2D eigenvalue weighted by Gasteiger charge is -2.34. The van der Waals surface area contributed by atoms with Gasteiger partial charge in [0.15, 0.2) is 9.84 Å². The molecule has 1 aliphatic heterocycles. The molecule has 0 spiro atoms. The van der Waals surface area contributed by atoms with E-state index in [2.05, 4.69) is 29.1 Å². The lowest BCUT2D eigenvalue weighted by atomic mass is 10.1. The maximum Gasteiger partial charge on any atom is 0.153 e. The molecule has 2 heterocycles. The second-order valence-electron chi connectivity index (χ2n) is 5.28. The molecule has 0 radical (unpaired) electrons. The van der Waals surface area contributed by atoms with Crippen LogP contribution in [0, 0.1) is 0 Å². The van der Waals surface area contributed by atoms with Crippen LogP contribution in [-0.4, -0.2) is 47.7 Å². The number of hydrogen-bond donors (Lipinski definition) is 0. The van der Waals surface area contributed by atoms with E-state index in [1.54, 1.807) is 10.9 Å². The van der Waals surface area contributed by atoms with E-state index in [4.69, 9.17) is 0 Å². The molecule has 2 rings (SSSR count). The fourth-order valence-corrected chi connectivity index (χ4v) is 4.12. The second-order valence-corrected chi connectivity index (χ2v) is 7.51. The molecule has 0 N–H and O–H groups in total. The monoisotopic (exact) mass is 297 g/mol. The Kier molecular flexibility index (Phi) is 4.99. The van der Waals surface area contributed by atoms with E-state index >= 15 is 0 Å². The van der Waals surface area contributed by atoms with Gasteiger partial charge in [-0.15, -0.1) is 0 Å². The first-order valence-corrected chi connectivity index (χ1v) is 8.92. The summed E-state index contributed by atoms with van der Waals surface area (Å²) in [6.07, 6.45) is 10.0. The predicted octanol–water partition coefficient (Wildman–Crippen LogP) is 1.55. The van der Waals surface area contributed by atoms with Gasteiger partial charge in [0, 0.05) is 31.9 Å². The number of hydrogen-bond acceptors (Lipinski definition) is 4. The average Bonchev–Trinajstić information content (AvgIpc) is 2.82. The molecule has 1 aliphatic rings. The van der Waals surface area contributed by atoms with E-state index in [-0.39, 0.29) is 17.5 Å². The van der Waals surface area contributed by atoms with E-state index in [1.165, 1.54) is 0 Å². The molecule has 20 heavy (non-hydrogen) atoms. The molecule has 0 saturated carbocycles. The molecule has 1 atom stereocenters. The molecule has 1 saturated heterocycles. The molecule has 6 heteroatoms. The SMILES string of the molecule is CCC=CCCN1CCS(=O)(=O)CC1c1cnn(C)c1. The van der Waals surface area contributed by atoms with E-state index in [0.717, 1.165) is 24.9 Å². The van der Waals surface area contributed by atoms with Crippen molar-refractivity contribution in [2.45, 2.75) is 25.8 Å². The van der Waals surface area contributed by atoms with Gasteiger partial charge in [0.2, 0.25) is 0 Å². The zero-order chi connectivity index (χ0) is 14.6. The summed E-state index contributed by atoms with van der Waals surface area (Å²) in [5.41, 5.74) is 0.996. The summed E-state index contributed by atoms with van der Waals surface area (Å²) in [5, 5.41) is 4.16. The minimum Gasteiger partial charge on any atom is -0.294 e. The quantitative estimate of drug-likeness (QED) is 0.774. The maximum atomic E-state index is 11.9. The number of aryl methyl sites for hydroxylation is 1. The van der Waals surface area contributed by atoms with Gasteiger partial charge in [0.1, 0.15) is 0 Å². The summed E-state index contributed by atoms with van der Waals surface area (Å²) in [5.74, 6) is 0.470. The lowest BCUT2D eigenvalue weighted by Crippen LogP contribution is -2.43.